The monoisotopic (exact) mass is 366 g/mol. The fourth-order valence-electron chi connectivity index (χ4n) is 3.57. The molecule has 2 aliphatic rings. The van der Waals surface area contributed by atoms with E-state index in [1.807, 2.05) is 6.21 Å². The molecular formula is C21H26N4O2. The van der Waals surface area contributed by atoms with Crippen molar-refractivity contribution >= 4 is 23.4 Å². The van der Waals surface area contributed by atoms with Crippen LogP contribution in [-0.2, 0) is 24.1 Å². The normalized spacial score (nSPS) is 16.3. The molecule has 6 heteroatoms. The van der Waals surface area contributed by atoms with E-state index in [0.29, 0.717) is 6.54 Å². The van der Waals surface area contributed by atoms with Crippen molar-refractivity contribution < 1.29 is 9.84 Å². The molecule has 1 fully saturated rings. The number of ether oxygens (including phenoxy) is 1. The summed E-state index contributed by atoms with van der Waals surface area (Å²) in [5, 5.41) is 12.6. The first-order valence-electron chi connectivity index (χ1n) is 9.64. The molecule has 1 saturated heterocycles. The van der Waals surface area contributed by atoms with Gasteiger partial charge in [-0.25, -0.2) is 4.98 Å². The Balaban J connectivity index is 1.54. The number of rotatable bonds is 6. The molecule has 2 aliphatic heterocycles. The van der Waals surface area contributed by atoms with Crippen molar-refractivity contribution in [3.8, 4) is 0 Å². The maximum atomic E-state index is 9.13. The van der Waals surface area contributed by atoms with Crippen LogP contribution in [0.2, 0.25) is 0 Å². The molecule has 1 aromatic heterocycles. The van der Waals surface area contributed by atoms with E-state index >= 15 is 0 Å². The van der Waals surface area contributed by atoms with Crippen LogP contribution in [0.4, 0.5) is 17.2 Å². The van der Waals surface area contributed by atoms with Crippen LogP contribution < -0.4 is 10.2 Å². The topological polar surface area (TPSA) is 70.0 Å². The second-order valence-corrected chi connectivity index (χ2v) is 6.93. The van der Waals surface area contributed by atoms with Crippen LogP contribution >= 0.6 is 0 Å². The predicted octanol–water partition coefficient (Wildman–Crippen LogP) is 2.71. The van der Waals surface area contributed by atoms with Gasteiger partial charge in [0.2, 0.25) is 0 Å². The quantitative estimate of drug-likeness (QED) is 0.823. The summed E-state index contributed by atoms with van der Waals surface area (Å²) >= 11 is 0. The van der Waals surface area contributed by atoms with Crippen LogP contribution in [0.3, 0.4) is 0 Å². The molecule has 0 unspecified atom stereocenters. The molecule has 0 saturated carbocycles. The number of aryl methyl sites for hydroxylation is 1. The van der Waals surface area contributed by atoms with Gasteiger partial charge in [-0.15, -0.1) is 0 Å². The number of morpholine rings is 1. The Morgan fingerprint density at radius 1 is 1.15 bits per heavy atom. The summed E-state index contributed by atoms with van der Waals surface area (Å²) in [6.07, 6.45) is 4.33. The van der Waals surface area contributed by atoms with Crippen molar-refractivity contribution in [3.63, 3.8) is 0 Å². The number of aliphatic hydroxyl groups excluding tert-OH is 1. The van der Waals surface area contributed by atoms with E-state index in [9.17, 15) is 0 Å². The minimum atomic E-state index is 0.186. The van der Waals surface area contributed by atoms with Gasteiger partial charge in [0.1, 0.15) is 5.82 Å². The Morgan fingerprint density at radius 3 is 2.74 bits per heavy atom. The van der Waals surface area contributed by atoms with Crippen LogP contribution in [0.1, 0.15) is 23.2 Å². The summed E-state index contributed by atoms with van der Waals surface area (Å²) in [6, 6.07) is 10.7. The summed E-state index contributed by atoms with van der Waals surface area (Å²) in [4.78, 5) is 11.6. The minimum Gasteiger partial charge on any atom is -0.396 e. The van der Waals surface area contributed by atoms with Gasteiger partial charge < -0.3 is 20.1 Å². The number of benzene rings is 1. The second kappa shape index (κ2) is 8.50. The fraction of sp³-hybridized carbons (Fsp3) is 0.429. The highest BCUT2D eigenvalue weighted by atomic mass is 16.5. The van der Waals surface area contributed by atoms with Gasteiger partial charge in [0, 0.05) is 55.0 Å². The van der Waals surface area contributed by atoms with Gasteiger partial charge in [0.05, 0.1) is 19.8 Å². The molecule has 0 aliphatic carbocycles. The first-order chi connectivity index (χ1) is 13.3. The molecule has 0 spiro atoms. The third-order valence-corrected chi connectivity index (χ3v) is 5.06. The van der Waals surface area contributed by atoms with Gasteiger partial charge in [-0.2, -0.15) is 0 Å². The molecule has 0 radical (unpaired) electrons. The fourth-order valence-corrected chi connectivity index (χ4v) is 3.57. The molecule has 0 atom stereocenters. The highest BCUT2D eigenvalue weighted by Gasteiger charge is 2.15. The Labute approximate surface area is 159 Å². The van der Waals surface area contributed by atoms with Crippen molar-refractivity contribution in [1.82, 2.24) is 4.98 Å². The highest BCUT2D eigenvalue weighted by Crippen LogP contribution is 2.28. The average Bonchev–Trinajstić information content (AvgIpc) is 2.73. The first-order valence-corrected chi connectivity index (χ1v) is 9.64. The molecular weight excluding hydrogens is 340 g/mol. The summed E-state index contributed by atoms with van der Waals surface area (Å²) in [7, 11) is 0. The molecule has 4 rings (SSSR count). The molecule has 3 heterocycles. The van der Waals surface area contributed by atoms with Gasteiger partial charge in [0.15, 0.2) is 0 Å². The SMILES string of the molecule is OCCCc1cc2c(c(Nc3ccc(N4CCOCC4)cc3)n1)CN=CC2. The molecule has 1 aromatic carbocycles. The van der Waals surface area contributed by atoms with E-state index < -0.39 is 0 Å². The van der Waals surface area contributed by atoms with Crippen LogP contribution in [0.15, 0.2) is 35.3 Å². The average molecular weight is 366 g/mol. The van der Waals surface area contributed by atoms with Gasteiger partial charge >= 0.3 is 0 Å². The van der Waals surface area contributed by atoms with E-state index in [4.69, 9.17) is 14.8 Å². The summed E-state index contributed by atoms with van der Waals surface area (Å²) in [5.74, 6) is 0.886. The van der Waals surface area contributed by atoms with Gasteiger partial charge in [-0.3, -0.25) is 4.99 Å². The summed E-state index contributed by atoms with van der Waals surface area (Å²) < 4.78 is 5.43. The number of pyridine rings is 1. The number of nitrogens with zero attached hydrogens (tertiary/aromatic N) is 3. The van der Waals surface area contributed by atoms with Crippen molar-refractivity contribution in [3.05, 3.63) is 47.2 Å². The second-order valence-electron chi connectivity index (χ2n) is 6.93. The number of nitrogens with one attached hydrogen (secondary N) is 1. The molecule has 0 bridgehead atoms. The lowest BCUT2D eigenvalue weighted by Crippen LogP contribution is -2.36. The number of aliphatic imine (C=N–C) groups is 1. The number of anilines is 3. The van der Waals surface area contributed by atoms with E-state index in [-0.39, 0.29) is 6.61 Å². The Morgan fingerprint density at radius 2 is 1.96 bits per heavy atom. The Hall–Kier alpha value is -2.44. The molecule has 6 nitrogen and oxygen atoms in total. The summed E-state index contributed by atoms with van der Waals surface area (Å²) in [6.45, 7) is 4.30. The van der Waals surface area contributed by atoms with Crippen LogP contribution in [0, 0.1) is 0 Å². The van der Waals surface area contributed by atoms with Gasteiger partial charge in [-0.05, 0) is 48.7 Å². The smallest absolute Gasteiger partial charge is 0.136 e. The van der Waals surface area contributed by atoms with E-state index in [2.05, 4.69) is 45.5 Å². The van der Waals surface area contributed by atoms with Crippen LogP contribution in [0.25, 0.3) is 0 Å². The number of hydrogen-bond acceptors (Lipinski definition) is 6. The first kappa shape index (κ1) is 17.9. The molecule has 142 valence electrons. The lowest BCUT2D eigenvalue weighted by atomic mass is 10.0. The lowest BCUT2D eigenvalue weighted by molar-refractivity contribution is 0.122. The maximum Gasteiger partial charge on any atom is 0.136 e. The predicted molar refractivity (Wildman–Crippen MR) is 108 cm³/mol. The molecule has 0 amide bonds. The van der Waals surface area contributed by atoms with Crippen molar-refractivity contribution in [1.29, 1.82) is 0 Å². The number of hydrogen-bond donors (Lipinski definition) is 2. The molecule has 2 N–H and O–H groups in total. The van der Waals surface area contributed by atoms with Crippen molar-refractivity contribution in [2.24, 2.45) is 4.99 Å². The van der Waals surface area contributed by atoms with Crippen molar-refractivity contribution in [2.75, 3.05) is 43.1 Å². The van der Waals surface area contributed by atoms with Crippen LogP contribution in [0.5, 0.6) is 0 Å². The zero-order valence-electron chi connectivity index (χ0n) is 15.5. The zero-order valence-corrected chi connectivity index (χ0v) is 15.5. The van der Waals surface area contributed by atoms with E-state index in [0.717, 1.165) is 62.8 Å². The number of aliphatic hydroxyl groups is 1. The Kier molecular flexibility index (Phi) is 5.65. The lowest BCUT2D eigenvalue weighted by Gasteiger charge is -2.29. The van der Waals surface area contributed by atoms with Crippen LogP contribution in [-0.4, -0.2) is 49.2 Å². The molecule has 2 aromatic rings. The summed E-state index contributed by atoms with van der Waals surface area (Å²) in [5.41, 5.74) is 5.71. The number of fused-ring (bicyclic) bond motifs is 1. The molecule has 27 heavy (non-hydrogen) atoms. The standard InChI is InChI=1S/C21H26N4O2/c26-11-1-2-18-14-16-7-8-22-15-20(16)21(24-18)23-17-3-5-19(6-4-17)25-9-12-27-13-10-25/h3-6,8,14,26H,1-2,7,9-13,15H2,(H,23,24). The number of aromatic nitrogens is 1. The largest absolute Gasteiger partial charge is 0.396 e. The van der Waals surface area contributed by atoms with Gasteiger partial charge in [0.25, 0.3) is 0 Å². The third kappa shape index (κ3) is 4.28. The van der Waals surface area contributed by atoms with Gasteiger partial charge in [-0.1, -0.05) is 0 Å². The third-order valence-electron chi connectivity index (χ3n) is 5.06. The van der Waals surface area contributed by atoms with Crippen molar-refractivity contribution in [2.45, 2.75) is 25.8 Å². The van der Waals surface area contributed by atoms with E-state index in [1.54, 1.807) is 0 Å². The minimum absolute atomic E-state index is 0.186. The van der Waals surface area contributed by atoms with E-state index in [1.165, 1.54) is 16.8 Å². The Bertz CT molecular complexity index is 799. The highest BCUT2D eigenvalue weighted by molar-refractivity contribution is 5.70. The maximum absolute atomic E-state index is 9.13. The zero-order chi connectivity index (χ0) is 18.5.